The van der Waals surface area contributed by atoms with Gasteiger partial charge < -0.3 is 29.0 Å². The first-order valence-electron chi connectivity index (χ1n) is 13.0. The van der Waals surface area contributed by atoms with Crippen LogP contribution >= 0.6 is 0 Å². The summed E-state index contributed by atoms with van der Waals surface area (Å²) in [5, 5.41) is 11.7. The molecule has 5 rings (SSSR count). The van der Waals surface area contributed by atoms with E-state index in [1.165, 1.54) is 7.11 Å². The van der Waals surface area contributed by atoms with Crippen LogP contribution in [0.1, 0.15) is 51.0 Å². The summed E-state index contributed by atoms with van der Waals surface area (Å²) in [7, 11) is 1.52. The number of rotatable bonds is 4. The average Bonchev–Trinajstić information content (AvgIpc) is 3.46. The zero-order valence-corrected chi connectivity index (χ0v) is 21.5. The maximum Gasteiger partial charge on any atom is 0.355 e. The molecule has 1 unspecified atom stereocenters. The third kappa shape index (κ3) is 3.76. The van der Waals surface area contributed by atoms with Crippen LogP contribution < -0.4 is 0 Å². The van der Waals surface area contributed by atoms with Crippen LogP contribution in [0.15, 0.2) is 42.1 Å². The summed E-state index contributed by atoms with van der Waals surface area (Å²) in [6, 6.07) is 3.41. The number of H-pyrrole nitrogens is 1. The van der Waals surface area contributed by atoms with Crippen LogP contribution in [0.25, 0.3) is 0 Å². The molecule has 1 aromatic rings. The Kier molecular flexibility index (Phi) is 6.64. The summed E-state index contributed by atoms with van der Waals surface area (Å²) in [4.78, 5) is 28.8. The second-order valence-electron chi connectivity index (χ2n) is 10.8. The van der Waals surface area contributed by atoms with Crippen LogP contribution in [0, 0.1) is 29.6 Å². The van der Waals surface area contributed by atoms with Gasteiger partial charge in [0.05, 0.1) is 6.10 Å². The number of nitrogens with one attached hydrogen (secondary N) is 1. The Morgan fingerprint density at radius 1 is 1.31 bits per heavy atom. The lowest BCUT2D eigenvalue weighted by Gasteiger charge is -2.48. The van der Waals surface area contributed by atoms with E-state index < -0.39 is 36.0 Å². The Morgan fingerprint density at radius 3 is 2.75 bits per heavy atom. The molecule has 2 aliphatic heterocycles. The van der Waals surface area contributed by atoms with Crippen molar-refractivity contribution in [2.45, 2.75) is 76.7 Å². The van der Waals surface area contributed by atoms with Crippen molar-refractivity contribution in [2.24, 2.45) is 29.6 Å². The lowest BCUT2D eigenvalue weighted by Crippen LogP contribution is -2.57. The molecular weight excluding hydrogens is 462 g/mol. The maximum absolute atomic E-state index is 13.0. The highest BCUT2D eigenvalue weighted by molar-refractivity contribution is 5.87. The van der Waals surface area contributed by atoms with Crippen molar-refractivity contribution in [3.05, 3.63) is 47.8 Å². The molecule has 196 valence electrons. The molecule has 36 heavy (non-hydrogen) atoms. The number of esters is 2. The predicted octanol–water partition coefficient (Wildman–Crippen LogP) is 3.43. The number of cyclic esters (lactones) is 1. The van der Waals surface area contributed by atoms with Crippen molar-refractivity contribution in [1.29, 1.82) is 0 Å². The van der Waals surface area contributed by atoms with Gasteiger partial charge in [-0.1, -0.05) is 39.0 Å². The van der Waals surface area contributed by atoms with Gasteiger partial charge in [0.2, 0.25) is 0 Å². The number of aliphatic hydroxyl groups is 1. The second kappa shape index (κ2) is 9.47. The third-order valence-electron chi connectivity index (χ3n) is 8.95. The highest BCUT2D eigenvalue weighted by Gasteiger charge is 2.69. The molecule has 8 nitrogen and oxygen atoms in total. The van der Waals surface area contributed by atoms with Crippen LogP contribution in [0.2, 0.25) is 0 Å². The molecule has 3 heterocycles. The molecule has 0 radical (unpaired) electrons. The first-order valence-corrected chi connectivity index (χ1v) is 13.0. The summed E-state index contributed by atoms with van der Waals surface area (Å²) in [5.41, 5.74) is 0.532. The summed E-state index contributed by atoms with van der Waals surface area (Å²) < 4.78 is 24.4. The van der Waals surface area contributed by atoms with Crippen molar-refractivity contribution in [2.75, 3.05) is 7.11 Å². The molecule has 4 aliphatic rings. The highest BCUT2D eigenvalue weighted by atomic mass is 16.6. The van der Waals surface area contributed by atoms with E-state index in [1.54, 1.807) is 18.3 Å². The molecule has 2 N–H and O–H groups in total. The fourth-order valence-electron chi connectivity index (χ4n) is 7.09. The van der Waals surface area contributed by atoms with Crippen molar-refractivity contribution in [3.63, 3.8) is 0 Å². The highest BCUT2D eigenvalue weighted by Crippen LogP contribution is 2.61. The van der Waals surface area contributed by atoms with Crippen LogP contribution in [0.3, 0.4) is 0 Å². The number of carbonyl (C=O) groups excluding carboxylic acids is 2. The molecule has 1 saturated carbocycles. The van der Waals surface area contributed by atoms with Gasteiger partial charge in [-0.15, -0.1) is 0 Å². The van der Waals surface area contributed by atoms with Crippen molar-refractivity contribution in [1.82, 2.24) is 4.98 Å². The molecular formula is C28H37NO7. The molecule has 0 amide bonds. The number of carbonyl (C=O) groups is 2. The van der Waals surface area contributed by atoms with Crippen LogP contribution in [-0.4, -0.2) is 65.3 Å². The molecule has 2 fully saturated rings. The normalized spacial score (nSPS) is 45.3. The standard InChI is InChI=1S/C28H37NO7/c1-6-20-14(2)12-15(3)28-17(13-21(33-5)27(32)34-20)9-10-18-22(28)23(30)16(4)24(25(18)36-28)35-26(31)19-8-7-11-29-19/h7-12,14,16-18,20-25,29-30H,6,13H2,1-5H3/b15-12+/t14-,16-,17-,18?,20-,21+,22+,23-,24-,25-,28+/m1/s1. The van der Waals surface area contributed by atoms with E-state index in [1.807, 2.05) is 20.8 Å². The summed E-state index contributed by atoms with van der Waals surface area (Å²) in [6.07, 6.45) is 6.19. The van der Waals surface area contributed by atoms with E-state index in [0.717, 1.165) is 5.57 Å². The van der Waals surface area contributed by atoms with Crippen LogP contribution in [0.5, 0.6) is 0 Å². The number of hydrogen-bond acceptors (Lipinski definition) is 7. The maximum atomic E-state index is 13.0. The monoisotopic (exact) mass is 499 g/mol. The molecule has 8 heteroatoms. The Balaban J connectivity index is 1.57. The first kappa shape index (κ1) is 25.2. The molecule has 0 aromatic carbocycles. The third-order valence-corrected chi connectivity index (χ3v) is 8.95. The van der Waals surface area contributed by atoms with Crippen molar-refractivity contribution >= 4 is 11.9 Å². The van der Waals surface area contributed by atoms with Gasteiger partial charge in [-0.3, -0.25) is 0 Å². The Labute approximate surface area is 212 Å². The summed E-state index contributed by atoms with van der Waals surface area (Å²) in [5.74, 6) is -1.78. The van der Waals surface area contributed by atoms with E-state index >= 15 is 0 Å². The lowest BCUT2D eigenvalue weighted by atomic mass is 9.57. The minimum absolute atomic E-state index is 0.0472. The second-order valence-corrected chi connectivity index (χ2v) is 10.8. The molecule has 1 saturated heterocycles. The van der Waals surface area contributed by atoms with E-state index in [0.29, 0.717) is 18.5 Å². The quantitative estimate of drug-likeness (QED) is 0.483. The number of aliphatic hydroxyl groups excluding tert-OH is 1. The fourth-order valence-corrected chi connectivity index (χ4v) is 7.09. The number of aromatic amines is 1. The Hall–Kier alpha value is -2.42. The molecule has 4 bridgehead atoms. The van der Waals surface area contributed by atoms with E-state index in [9.17, 15) is 14.7 Å². The van der Waals surface area contributed by atoms with Crippen LogP contribution in [0.4, 0.5) is 0 Å². The average molecular weight is 500 g/mol. The minimum atomic E-state index is -0.841. The topological polar surface area (TPSA) is 107 Å². The van der Waals surface area contributed by atoms with E-state index in [2.05, 4.69) is 30.1 Å². The zero-order valence-electron chi connectivity index (χ0n) is 21.5. The van der Waals surface area contributed by atoms with Gasteiger partial charge in [-0.2, -0.15) is 0 Å². The minimum Gasteiger partial charge on any atom is -0.460 e. The molecule has 1 aromatic heterocycles. The fraction of sp³-hybridized carbons (Fsp3) is 0.643. The van der Waals surface area contributed by atoms with Gasteiger partial charge in [0.15, 0.2) is 6.10 Å². The largest absolute Gasteiger partial charge is 0.460 e. The summed E-state index contributed by atoms with van der Waals surface area (Å²) in [6.45, 7) is 8.01. The van der Waals surface area contributed by atoms with Gasteiger partial charge in [-0.25, -0.2) is 9.59 Å². The predicted molar refractivity (Wildman–Crippen MR) is 131 cm³/mol. The van der Waals surface area contributed by atoms with Gasteiger partial charge in [-0.05, 0) is 37.5 Å². The van der Waals surface area contributed by atoms with Crippen molar-refractivity contribution < 1.29 is 33.6 Å². The van der Waals surface area contributed by atoms with Crippen LogP contribution in [-0.2, 0) is 23.7 Å². The summed E-state index contributed by atoms with van der Waals surface area (Å²) >= 11 is 0. The molecule has 1 spiro atoms. The SMILES string of the molecule is CC[C@H]1OC(=O)[C@@H](OC)C[C@H]2C=CC3[C@H]4O[C@]2(/C(C)=C/[C@H]1C)[C@@H]3[C@H](O)[C@@H](C)[C@H]4OC(=O)c1ccc[nH]1. The number of hydrogen-bond donors (Lipinski definition) is 2. The Morgan fingerprint density at radius 2 is 2.08 bits per heavy atom. The van der Waals surface area contributed by atoms with Gasteiger partial charge in [0.25, 0.3) is 0 Å². The first-order chi connectivity index (χ1) is 17.2. The molecule has 2 aliphatic carbocycles. The zero-order chi connectivity index (χ0) is 25.8. The van der Waals surface area contributed by atoms with E-state index in [-0.39, 0.29) is 41.7 Å². The van der Waals surface area contributed by atoms with Gasteiger partial charge >= 0.3 is 11.9 Å². The smallest absolute Gasteiger partial charge is 0.355 e. The Bertz CT molecular complexity index is 1050. The number of aromatic nitrogens is 1. The molecule has 11 atom stereocenters. The van der Waals surface area contributed by atoms with Gasteiger partial charge in [0.1, 0.15) is 29.6 Å². The van der Waals surface area contributed by atoms with E-state index in [4.69, 9.17) is 18.9 Å². The number of ether oxygens (including phenoxy) is 4. The lowest BCUT2D eigenvalue weighted by molar-refractivity contribution is -0.166. The number of methoxy groups -OCH3 is 1. The van der Waals surface area contributed by atoms with Gasteiger partial charge in [0, 0.05) is 42.9 Å². The van der Waals surface area contributed by atoms with Crippen molar-refractivity contribution in [3.8, 4) is 0 Å².